The van der Waals surface area contributed by atoms with Crippen LogP contribution in [0.2, 0.25) is 0 Å². The van der Waals surface area contributed by atoms with Crippen molar-refractivity contribution in [2.45, 2.75) is 71.1 Å². The molecule has 0 unspecified atom stereocenters. The van der Waals surface area contributed by atoms with E-state index in [9.17, 15) is 9.59 Å². The predicted molar refractivity (Wildman–Crippen MR) is 92.0 cm³/mol. The fourth-order valence-electron chi connectivity index (χ4n) is 2.16. The summed E-state index contributed by atoms with van der Waals surface area (Å²) < 4.78 is 10.8. The van der Waals surface area contributed by atoms with E-state index >= 15 is 0 Å². The molecule has 132 valence electrons. The van der Waals surface area contributed by atoms with Crippen molar-refractivity contribution >= 4 is 11.9 Å². The molecule has 2 atom stereocenters. The van der Waals surface area contributed by atoms with Gasteiger partial charge in [-0.2, -0.15) is 0 Å². The molecule has 0 heterocycles. The van der Waals surface area contributed by atoms with Crippen molar-refractivity contribution in [1.29, 1.82) is 0 Å². The van der Waals surface area contributed by atoms with Gasteiger partial charge in [0.15, 0.2) is 12.2 Å². The van der Waals surface area contributed by atoms with Crippen LogP contribution in [0, 0.1) is 0 Å². The highest BCUT2D eigenvalue weighted by Crippen LogP contribution is 2.24. The summed E-state index contributed by atoms with van der Waals surface area (Å²) in [5.41, 5.74) is 1.25. The van der Waals surface area contributed by atoms with Gasteiger partial charge in [0, 0.05) is 6.04 Å². The third-order valence-corrected chi connectivity index (χ3v) is 3.95. The SMILES string of the molecule is C[C@H](OC(=O)[C@@H](C)Oc1ccc(C(C)(C)C)cc1)C(=O)NC1CC1. The summed E-state index contributed by atoms with van der Waals surface area (Å²) in [6.07, 6.45) is 0.404. The van der Waals surface area contributed by atoms with Crippen LogP contribution in [-0.2, 0) is 19.7 Å². The summed E-state index contributed by atoms with van der Waals surface area (Å²) in [5, 5.41) is 2.81. The molecule has 1 saturated carbocycles. The van der Waals surface area contributed by atoms with Crippen molar-refractivity contribution in [2.24, 2.45) is 0 Å². The maximum Gasteiger partial charge on any atom is 0.347 e. The average molecular weight is 333 g/mol. The fraction of sp³-hybridized carbons (Fsp3) is 0.579. The zero-order valence-electron chi connectivity index (χ0n) is 15.1. The Kier molecular flexibility index (Phi) is 5.52. The van der Waals surface area contributed by atoms with Gasteiger partial charge in [-0.05, 0) is 49.8 Å². The number of amides is 1. The van der Waals surface area contributed by atoms with Gasteiger partial charge in [-0.1, -0.05) is 32.9 Å². The van der Waals surface area contributed by atoms with E-state index in [-0.39, 0.29) is 17.4 Å². The molecule has 5 nitrogen and oxygen atoms in total. The molecule has 0 bridgehead atoms. The molecule has 5 heteroatoms. The molecule has 1 amide bonds. The summed E-state index contributed by atoms with van der Waals surface area (Å²) in [6, 6.07) is 7.90. The third-order valence-electron chi connectivity index (χ3n) is 3.95. The summed E-state index contributed by atoms with van der Waals surface area (Å²) in [7, 11) is 0. The van der Waals surface area contributed by atoms with Crippen molar-refractivity contribution in [1.82, 2.24) is 5.32 Å². The lowest BCUT2D eigenvalue weighted by molar-refractivity contribution is -0.160. The number of carbonyl (C=O) groups is 2. The summed E-state index contributed by atoms with van der Waals surface area (Å²) in [4.78, 5) is 23.9. The van der Waals surface area contributed by atoms with E-state index in [1.807, 2.05) is 24.3 Å². The first-order valence-electron chi connectivity index (χ1n) is 8.45. The number of rotatable bonds is 6. The van der Waals surface area contributed by atoms with E-state index in [2.05, 4.69) is 26.1 Å². The van der Waals surface area contributed by atoms with Crippen LogP contribution in [0.15, 0.2) is 24.3 Å². The van der Waals surface area contributed by atoms with E-state index in [4.69, 9.17) is 9.47 Å². The molecule has 1 fully saturated rings. The Morgan fingerprint density at radius 3 is 2.17 bits per heavy atom. The molecular weight excluding hydrogens is 306 g/mol. The number of carbonyl (C=O) groups excluding carboxylic acids is 2. The Bertz CT molecular complexity index is 584. The Morgan fingerprint density at radius 1 is 1.08 bits per heavy atom. The number of esters is 1. The second-order valence-corrected chi connectivity index (χ2v) is 7.40. The van der Waals surface area contributed by atoms with Crippen LogP contribution in [0.5, 0.6) is 5.75 Å². The van der Waals surface area contributed by atoms with E-state index in [0.29, 0.717) is 5.75 Å². The standard InChI is InChI=1S/C19H27NO4/c1-12(17(21)20-15-8-9-15)24-18(22)13(2)23-16-10-6-14(7-11-16)19(3,4)5/h6-7,10-13,15H,8-9H2,1-5H3,(H,20,21)/t12-,13+/m0/s1. The lowest BCUT2D eigenvalue weighted by atomic mass is 9.87. The van der Waals surface area contributed by atoms with E-state index in [1.54, 1.807) is 13.8 Å². The highest BCUT2D eigenvalue weighted by Gasteiger charge is 2.28. The zero-order chi connectivity index (χ0) is 17.9. The van der Waals surface area contributed by atoms with Crippen LogP contribution in [0.25, 0.3) is 0 Å². The number of nitrogens with one attached hydrogen (secondary N) is 1. The van der Waals surface area contributed by atoms with Gasteiger partial charge >= 0.3 is 5.97 Å². The first-order valence-corrected chi connectivity index (χ1v) is 8.45. The van der Waals surface area contributed by atoms with Crippen molar-refractivity contribution in [3.63, 3.8) is 0 Å². The highest BCUT2D eigenvalue weighted by molar-refractivity contribution is 5.84. The maximum atomic E-state index is 12.1. The minimum Gasteiger partial charge on any atom is -0.479 e. The van der Waals surface area contributed by atoms with Crippen molar-refractivity contribution in [3.05, 3.63) is 29.8 Å². The first kappa shape index (κ1) is 18.3. The Hall–Kier alpha value is -2.04. The zero-order valence-corrected chi connectivity index (χ0v) is 15.1. The average Bonchev–Trinajstić information content (AvgIpc) is 3.30. The summed E-state index contributed by atoms with van der Waals surface area (Å²) >= 11 is 0. The Balaban J connectivity index is 1.85. The van der Waals surface area contributed by atoms with Gasteiger partial charge in [-0.15, -0.1) is 0 Å². The van der Waals surface area contributed by atoms with E-state index in [1.165, 1.54) is 5.56 Å². The smallest absolute Gasteiger partial charge is 0.347 e. The van der Waals surface area contributed by atoms with Crippen LogP contribution < -0.4 is 10.1 Å². The van der Waals surface area contributed by atoms with Gasteiger partial charge in [-0.25, -0.2) is 4.79 Å². The summed E-state index contributed by atoms with van der Waals surface area (Å²) in [5.74, 6) is -0.205. The minimum absolute atomic E-state index is 0.0629. The molecule has 0 radical (unpaired) electrons. The normalized spacial score (nSPS) is 16.9. The number of benzene rings is 1. The van der Waals surface area contributed by atoms with Crippen LogP contribution in [-0.4, -0.2) is 30.1 Å². The summed E-state index contributed by atoms with van der Waals surface area (Å²) in [6.45, 7) is 9.59. The number of hydrogen-bond acceptors (Lipinski definition) is 4. The fourth-order valence-corrected chi connectivity index (χ4v) is 2.16. The van der Waals surface area contributed by atoms with Crippen LogP contribution in [0.3, 0.4) is 0 Å². The molecule has 0 aliphatic heterocycles. The van der Waals surface area contributed by atoms with E-state index in [0.717, 1.165) is 12.8 Å². The van der Waals surface area contributed by atoms with Crippen molar-refractivity contribution in [3.8, 4) is 5.75 Å². The minimum atomic E-state index is -0.813. The van der Waals surface area contributed by atoms with E-state index < -0.39 is 18.2 Å². The van der Waals surface area contributed by atoms with Crippen molar-refractivity contribution in [2.75, 3.05) is 0 Å². The number of ether oxygens (including phenoxy) is 2. The molecule has 1 aromatic rings. The van der Waals surface area contributed by atoms with Crippen LogP contribution in [0.4, 0.5) is 0 Å². The molecule has 0 spiro atoms. The second kappa shape index (κ2) is 7.24. The lowest BCUT2D eigenvalue weighted by Gasteiger charge is -2.20. The van der Waals surface area contributed by atoms with Gasteiger partial charge in [0.05, 0.1) is 0 Å². The monoisotopic (exact) mass is 333 g/mol. The lowest BCUT2D eigenvalue weighted by Crippen LogP contribution is -2.39. The molecular formula is C19H27NO4. The highest BCUT2D eigenvalue weighted by atomic mass is 16.6. The van der Waals surface area contributed by atoms with Gasteiger partial charge in [0.1, 0.15) is 5.75 Å². The molecule has 0 saturated heterocycles. The van der Waals surface area contributed by atoms with Crippen LogP contribution in [0.1, 0.15) is 53.0 Å². The molecule has 24 heavy (non-hydrogen) atoms. The van der Waals surface area contributed by atoms with Gasteiger partial charge in [-0.3, -0.25) is 4.79 Å². The largest absolute Gasteiger partial charge is 0.479 e. The number of hydrogen-bond donors (Lipinski definition) is 1. The second-order valence-electron chi connectivity index (χ2n) is 7.40. The molecule has 0 aromatic heterocycles. The molecule has 1 aliphatic carbocycles. The van der Waals surface area contributed by atoms with Crippen molar-refractivity contribution < 1.29 is 19.1 Å². The Labute approximate surface area is 143 Å². The van der Waals surface area contributed by atoms with Gasteiger partial charge in [0.25, 0.3) is 5.91 Å². The van der Waals surface area contributed by atoms with Gasteiger partial charge < -0.3 is 14.8 Å². The molecule has 1 N–H and O–H groups in total. The molecule has 1 aliphatic rings. The predicted octanol–water partition coefficient (Wildman–Crippen LogP) is 2.96. The Morgan fingerprint density at radius 2 is 1.67 bits per heavy atom. The van der Waals surface area contributed by atoms with Gasteiger partial charge in [0.2, 0.25) is 0 Å². The third kappa shape index (κ3) is 5.25. The quantitative estimate of drug-likeness (QED) is 0.813. The molecule has 2 rings (SSSR count). The maximum absolute atomic E-state index is 12.1. The first-order chi connectivity index (χ1) is 11.2. The molecule has 1 aromatic carbocycles. The topological polar surface area (TPSA) is 64.6 Å². The van der Waals surface area contributed by atoms with Crippen LogP contribution >= 0.6 is 0 Å².